The predicted octanol–water partition coefficient (Wildman–Crippen LogP) is 3.97. The first kappa shape index (κ1) is 12.1. The van der Waals surface area contributed by atoms with E-state index in [0.29, 0.717) is 18.7 Å². The van der Waals surface area contributed by atoms with Crippen LogP contribution in [0.25, 0.3) is 10.8 Å². The van der Waals surface area contributed by atoms with E-state index in [1.165, 1.54) is 10.8 Å². The van der Waals surface area contributed by atoms with Crippen LogP contribution in [0.5, 0.6) is 0 Å². The van der Waals surface area contributed by atoms with Crippen LogP contribution < -0.4 is 0 Å². The first-order chi connectivity index (χ1) is 8.29. The van der Waals surface area contributed by atoms with E-state index in [2.05, 4.69) is 24.3 Å². The Labute approximate surface area is 106 Å². The first-order valence-electron chi connectivity index (χ1n) is 5.85. The zero-order valence-electron chi connectivity index (χ0n) is 9.66. The van der Waals surface area contributed by atoms with Crippen molar-refractivity contribution in [2.75, 3.05) is 5.88 Å². The lowest BCUT2D eigenvalue weighted by Gasteiger charge is -2.03. The van der Waals surface area contributed by atoms with Crippen molar-refractivity contribution >= 4 is 28.2 Å². The zero-order chi connectivity index (χ0) is 12.1. The lowest BCUT2D eigenvalue weighted by molar-refractivity contribution is -0.118. The van der Waals surface area contributed by atoms with E-state index in [-0.39, 0.29) is 5.78 Å². The van der Waals surface area contributed by atoms with Crippen LogP contribution >= 0.6 is 11.6 Å². The van der Waals surface area contributed by atoms with Gasteiger partial charge in [-0.05, 0) is 22.8 Å². The SMILES string of the molecule is O=C(CCCCl)Cc1ccc2ccccc2c1. The van der Waals surface area contributed by atoms with Crippen LogP contribution in [0, 0.1) is 0 Å². The van der Waals surface area contributed by atoms with Crippen LogP contribution in [0.15, 0.2) is 42.5 Å². The van der Waals surface area contributed by atoms with Gasteiger partial charge in [0.05, 0.1) is 0 Å². The maximum absolute atomic E-state index is 11.6. The van der Waals surface area contributed by atoms with Gasteiger partial charge in [-0.3, -0.25) is 4.79 Å². The van der Waals surface area contributed by atoms with Gasteiger partial charge in [-0.25, -0.2) is 0 Å². The third-order valence-corrected chi connectivity index (χ3v) is 3.07. The summed E-state index contributed by atoms with van der Waals surface area (Å²) in [6.07, 6.45) is 1.87. The van der Waals surface area contributed by atoms with Crippen molar-refractivity contribution in [3.63, 3.8) is 0 Å². The highest BCUT2D eigenvalue weighted by atomic mass is 35.5. The monoisotopic (exact) mass is 246 g/mol. The van der Waals surface area contributed by atoms with Crippen LogP contribution in [0.1, 0.15) is 18.4 Å². The van der Waals surface area contributed by atoms with Gasteiger partial charge in [-0.2, -0.15) is 0 Å². The van der Waals surface area contributed by atoms with E-state index < -0.39 is 0 Å². The molecule has 0 amide bonds. The fourth-order valence-corrected chi connectivity index (χ4v) is 2.06. The molecule has 88 valence electrons. The lowest BCUT2D eigenvalue weighted by atomic mass is 10.0. The van der Waals surface area contributed by atoms with Crippen molar-refractivity contribution < 1.29 is 4.79 Å². The maximum atomic E-state index is 11.6. The van der Waals surface area contributed by atoms with E-state index >= 15 is 0 Å². The van der Waals surface area contributed by atoms with E-state index in [4.69, 9.17) is 11.6 Å². The fraction of sp³-hybridized carbons (Fsp3) is 0.267. The van der Waals surface area contributed by atoms with E-state index in [1.807, 2.05) is 18.2 Å². The summed E-state index contributed by atoms with van der Waals surface area (Å²) in [7, 11) is 0. The molecule has 0 aromatic heterocycles. The lowest BCUT2D eigenvalue weighted by Crippen LogP contribution is -2.02. The van der Waals surface area contributed by atoms with E-state index in [0.717, 1.165) is 12.0 Å². The summed E-state index contributed by atoms with van der Waals surface area (Å²) in [6.45, 7) is 0. The van der Waals surface area contributed by atoms with Crippen molar-refractivity contribution in [2.45, 2.75) is 19.3 Å². The molecule has 0 unspecified atom stereocenters. The van der Waals surface area contributed by atoms with E-state index in [9.17, 15) is 4.79 Å². The molecule has 0 radical (unpaired) electrons. The minimum Gasteiger partial charge on any atom is -0.299 e. The van der Waals surface area contributed by atoms with Crippen molar-refractivity contribution in [3.8, 4) is 0 Å². The third-order valence-electron chi connectivity index (χ3n) is 2.80. The molecular weight excluding hydrogens is 232 g/mol. The largest absolute Gasteiger partial charge is 0.299 e. The molecule has 0 N–H and O–H groups in total. The van der Waals surface area contributed by atoms with Gasteiger partial charge in [0.2, 0.25) is 0 Å². The molecule has 0 saturated heterocycles. The Morgan fingerprint density at radius 2 is 1.82 bits per heavy atom. The number of hydrogen-bond acceptors (Lipinski definition) is 1. The topological polar surface area (TPSA) is 17.1 Å². The van der Waals surface area contributed by atoms with Crippen molar-refractivity contribution in [3.05, 3.63) is 48.0 Å². The summed E-state index contributed by atoms with van der Waals surface area (Å²) in [6, 6.07) is 14.4. The maximum Gasteiger partial charge on any atom is 0.137 e. The van der Waals surface area contributed by atoms with Crippen LogP contribution in [0.3, 0.4) is 0 Å². The molecule has 0 aliphatic rings. The molecular formula is C15H15ClO. The van der Waals surface area contributed by atoms with Crippen LogP contribution in [0.2, 0.25) is 0 Å². The van der Waals surface area contributed by atoms with Crippen LogP contribution in [0.4, 0.5) is 0 Å². The number of halogens is 1. The number of carbonyl (C=O) groups is 1. The second-order valence-electron chi connectivity index (χ2n) is 4.19. The molecule has 0 aliphatic carbocycles. The van der Waals surface area contributed by atoms with Crippen molar-refractivity contribution in [1.82, 2.24) is 0 Å². The molecule has 17 heavy (non-hydrogen) atoms. The Morgan fingerprint density at radius 3 is 2.59 bits per heavy atom. The normalized spacial score (nSPS) is 10.6. The summed E-state index contributed by atoms with van der Waals surface area (Å²) >= 11 is 5.57. The fourth-order valence-electron chi connectivity index (χ4n) is 1.93. The number of alkyl halides is 1. The molecule has 2 rings (SSSR count). The molecule has 0 spiro atoms. The summed E-state index contributed by atoms with van der Waals surface area (Å²) in [5.41, 5.74) is 1.09. The molecule has 0 heterocycles. The minimum absolute atomic E-state index is 0.265. The van der Waals surface area contributed by atoms with Crippen LogP contribution in [-0.2, 0) is 11.2 Å². The first-order valence-corrected chi connectivity index (χ1v) is 6.38. The van der Waals surface area contributed by atoms with Crippen molar-refractivity contribution in [2.24, 2.45) is 0 Å². The molecule has 0 bridgehead atoms. The van der Waals surface area contributed by atoms with E-state index in [1.54, 1.807) is 0 Å². The standard InChI is InChI=1S/C15H15ClO/c16-9-3-6-15(17)11-12-7-8-13-4-1-2-5-14(13)10-12/h1-2,4-5,7-8,10H,3,6,9,11H2. The Kier molecular flexibility index (Phi) is 4.16. The average Bonchev–Trinajstić information content (AvgIpc) is 2.36. The quantitative estimate of drug-likeness (QED) is 0.730. The third kappa shape index (κ3) is 3.31. The summed E-state index contributed by atoms with van der Waals surface area (Å²) in [5.74, 6) is 0.824. The summed E-state index contributed by atoms with van der Waals surface area (Å²) < 4.78 is 0. The molecule has 2 heteroatoms. The Morgan fingerprint density at radius 1 is 1.06 bits per heavy atom. The summed E-state index contributed by atoms with van der Waals surface area (Å²) in [5, 5.41) is 2.40. The Bertz CT molecular complexity index is 519. The van der Waals surface area contributed by atoms with Gasteiger partial charge in [-0.15, -0.1) is 11.6 Å². The van der Waals surface area contributed by atoms with Crippen LogP contribution in [-0.4, -0.2) is 11.7 Å². The van der Waals surface area contributed by atoms with Gasteiger partial charge in [0, 0.05) is 18.7 Å². The highest BCUT2D eigenvalue weighted by molar-refractivity contribution is 6.17. The zero-order valence-corrected chi connectivity index (χ0v) is 10.4. The van der Waals surface area contributed by atoms with Gasteiger partial charge in [0.15, 0.2) is 0 Å². The molecule has 2 aromatic rings. The van der Waals surface area contributed by atoms with Gasteiger partial charge in [-0.1, -0.05) is 42.5 Å². The minimum atomic E-state index is 0.265. The predicted molar refractivity (Wildman–Crippen MR) is 72.6 cm³/mol. The van der Waals surface area contributed by atoms with Gasteiger partial charge < -0.3 is 0 Å². The second kappa shape index (κ2) is 5.83. The molecule has 2 aromatic carbocycles. The Hall–Kier alpha value is -1.34. The second-order valence-corrected chi connectivity index (χ2v) is 4.57. The number of ketones is 1. The number of Topliss-reactive ketones (excluding diaryl/α,β-unsaturated/α-hetero) is 1. The summed E-state index contributed by atoms with van der Waals surface area (Å²) in [4.78, 5) is 11.6. The number of benzene rings is 2. The Balaban J connectivity index is 2.11. The van der Waals surface area contributed by atoms with Gasteiger partial charge in [0.1, 0.15) is 5.78 Å². The highest BCUT2D eigenvalue weighted by Crippen LogP contribution is 2.16. The molecule has 0 saturated carbocycles. The highest BCUT2D eigenvalue weighted by Gasteiger charge is 2.04. The smallest absolute Gasteiger partial charge is 0.137 e. The van der Waals surface area contributed by atoms with Crippen molar-refractivity contribution in [1.29, 1.82) is 0 Å². The van der Waals surface area contributed by atoms with Gasteiger partial charge >= 0.3 is 0 Å². The number of carbonyl (C=O) groups excluding carboxylic acids is 1. The molecule has 0 atom stereocenters. The number of fused-ring (bicyclic) bond motifs is 1. The van der Waals surface area contributed by atoms with Gasteiger partial charge in [0.25, 0.3) is 0 Å². The number of hydrogen-bond donors (Lipinski definition) is 0. The molecule has 0 aliphatic heterocycles. The molecule has 0 fully saturated rings. The molecule has 1 nitrogen and oxygen atoms in total. The average molecular weight is 247 g/mol. The number of rotatable bonds is 5.